The minimum absolute atomic E-state index is 0.119. The fourth-order valence-electron chi connectivity index (χ4n) is 3.77. The van der Waals surface area contributed by atoms with Crippen molar-refractivity contribution in [1.82, 2.24) is 15.1 Å². The third-order valence-corrected chi connectivity index (χ3v) is 5.79. The molecule has 1 heterocycles. The first-order valence-electron chi connectivity index (χ1n) is 10.6. The predicted molar refractivity (Wildman–Crippen MR) is 122 cm³/mol. The zero-order valence-electron chi connectivity index (χ0n) is 18.5. The summed E-state index contributed by atoms with van der Waals surface area (Å²) >= 11 is 0. The first-order chi connectivity index (χ1) is 14.4. The van der Waals surface area contributed by atoms with Crippen molar-refractivity contribution < 1.29 is 9.53 Å². The summed E-state index contributed by atoms with van der Waals surface area (Å²) in [6.07, 6.45) is 0. The zero-order chi connectivity index (χ0) is 21.5. The minimum atomic E-state index is -0.192. The molecule has 2 amide bonds. The van der Waals surface area contributed by atoms with Crippen molar-refractivity contribution in [3.8, 4) is 0 Å². The molecule has 2 aromatic rings. The number of aryl methyl sites for hydroxylation is 1. The van der Waals surface area contributed by atoms with Crippen LogP contribution in [0.5, 0.6) is 0 Å². The fraction of sp³-hybridized carbons (Fsp3) is 0.458. The van der Waals surface area contributed by atoms with Crippen LogP contribution in [0.1, 0.15) is 35.7 Å². The number of anilines is 1. The maximum atomic E-state index is 12.4. The molecule has 0 spiro atoms. The van der Waals surface area contributed by atoms with Gasteiger partial charge >= 0.3 is 6.03 Å². The molecule has 1 fully saturated rings. The molecule has 6 nitrogen and oxygen atoms in total. The van der Waals surface area contributed by atoms with Gasteiger partial charge in [0.2, 0.25) is 0 Å². The second kappa shape index (κ2) is 10.6. The van der Waals surface area contributed by atoms with Crippen LogP contribution in [0.2, 0.25) is 0 Å². The SMILES string of the molecule is Cc1ccc(C(CNC(=O)Nc2ccc(C(C)N3CCOCC3)cc2)N(C)C)cc1. The smallest absolute Gasteiger partial charge is 0.319 e. The van der Waals surface area contributed by atoms with Crippen molar-refractivity contribution >= 4 is 11.7 Å². The van der Waals surface area contributed by atoms with Gasteiger partial charge in [0.1, 0.15) is 0 Å². The van der Waals surface area contributed by atoms with E-state index in [1.807, 2.05) is 26.2 Å². The second-order valence-corrected chi connectivity index (χ2v) is 8.17. The number of urea groups is 1. The highest BCUT2D eigenvalue weighted by molar-refractivity contribution is 5.89. The van der Waals surface area contributed by atoms with Crippen LogP contribution in [0.15, 0.2) is 48.5 Å². The van der Waals surface area contributed by atoms with Crippen LogP contribution in [0, 0.1) is 6.92 Å². The molecule has 3 rings (SSSR count). The number of carbonyl (C=O) groups excluding carboxylic acids is 1. The fourth-order valence-corrected chi connectivity index (χ4v) is 3.77. The third kappa shape index (κ3) is 6.05. The average molecular weight is 411 g/mol. The number of hydrogen-bond acceptors (Lipinski definition) is 4. The third-order valence-electron chi connectivity index (χ3n) is 5.79. The molecule has 0 saturated carbocycles. The Hall–Kier alpha value is -2.41. The number of nitrogens with zero attached hydrogens (tertiary/aromatic N) is 2. The maximum absolute atomic E-state index is 12.4. The van der Waals surface area contributed by atoms with Crippen molar-refractivity contribution in [3.05, 3.63) is 65.2 Å². The Morgan fingerprint density at radius 3 is 2.23 bits per heavy atom. The first-order valence-corrected chi connectivity index (χ1v) is 10.6. The van der Waals surface area contributed by atoms with Gasteiger partial charge in [-0.2, -0.15) is 0 Å². The summed E-state index contributed by atoms with van der Waals surface area (Å²) in [5.74, 6) is 0. The number of benzene rings is 2. The summed E-state index contributed by atoms with van der Waals surface area (Å²) in [5.41, 5.74) is 4.46. The largest absolute Gasteiger partial charge is 0.379 e. The first kappa shape index (κ1) is 22.3. The van der Waals surface area contributed by atoms with Crippen LogP contribution < -0.4 is 10.6 Å². The van der Waals surface area contributed by atoms with E-state index in [1.54, 1.807) is 0 Å². The number of ether oxygens (including phenoxy) is 1. The molecule has 0 radical (unpaired) electrons. The predicted octanol–water partition coefficient (Wildman–Crippen LogP) is 3.81. The van der Waals surface area contributed by atoms with Crippen LogP contribution in [0.4, 0.5) is 10.5 Å². The van der Waals surface area contributed by atoms with Crippen molar-refractivity contribution in [2.75, 3.05) is 52.3 Å². The van der Waals surface area contributed by atoms with Crippen LogP contribution in [-0.4, -0.2) is 62.8 Å². The molecule has 6 heteroatoms. The van der Waals surface area contributed by atoms with E-state index in [1.165, 1.54) is 16.7 Å². The van der Waals surface area contributed by atoms with Gasteiger partial charge in [-0.05, 0) is 51.2 Å². The van der Waals surface area contributed by atoms with E-state index in [9.17, 15) is 4.79 Å². The normalized spacial score (nSPS) is 16.8. The molecule has 2 atom stereocenters. The van der Waals surface area contributed by atoms with Crippen molar-refractivity contribution in [2.24, 2.45) is 0 Å². The van der Waals surface area contributed by atoms with E-state index in [2.05, 4.69) is 70.7 Å². The van der Waals surface area contributed by atoms with E-state index in [-0.39, 0.29) is 12.1 Å². The van der Waals surface area contributed by atoms with E-state index >= 15 is 0 Å². The average Bonchev–Trinajstić information content (AvgIpc) is 2.75. The van der Waals surface area contributed by atoms with E-state index in [0.29, 0.717) is 12.6 Å². The molecule has 0 bridgehead atoms. The molecule has 2 aromatic carbocycles. The molecule has 30 heavy (non-hydrogen) atoms. The number of nitrogens with one attached hydrogen (secondary N) is 2. The number of rotatable bonds is 7. The molecular weight excluding hydrogens is 376 g/mol. The second-order valence-electron chi connectivity index (χ2n) is 8.17. The van der Waals surface area contributed by atoms with Crippen LogP contribution in [-0.2, 0) is 4.74 Å². The van der Waals surface area contributed by atoms with Gasteiger partial charge in [0.05, 0.1) is 19.3 Å². The van der Waals surface area contributed by atoms with E-state index in [4.69, 9.17) is 4.74 Å². The zero-order valence-corrected chi connectivity index (χ0v) is 18.5. The lowest BCUT2D eigenvalue weighted by Crippen LogP contribution is -2.38. The Bertz CT molecular complexity index is 799. The molecule has 1 saturated heterocycles. The molecule has 0 aromatic heterocycles. The lowest BCUT2D eigenvalue weighted by Gasteiger charge is -2.32. The number of morpholine rings is 1. The van der Waals surface area contributed by atoms with Gasteiger partial charge in [0.25, 0.3) is 0 Å². The highest BCUT2D eigenvalue weighted by Gasteiger charge is 2.19. The monoisotopic (exact) mass is 410 g/mol. The summed E-state index contributed by atoms with van der Waals surface area (Å²) < 4.78 is 5.44. The summed E-state index contributed by atoms with van der Waals surface area (Å²) in [6, 6.07) is 16.8. The Kier molecular flexibility index (Phi) is 7.85. The summed E-state index contributed by atoms with van der Waals surface area (Å²) in [7, 11) is 4.05. The van der Waals surface area contributed by atoms with Crippen LogP contribution >= 0.6 is 0 Å². The van der Waals surface area contributed by atoms with Gasteiger partial charge in [-0.25, -0.2) is 4.79 Å². The number of likely N-dealkylation sites (N-methyl/N-ethyl adjacent to an activating group) is 1. The van der Waals surface area contributed by atoms with Crippen molar-refractivity contribution in [3.63, 3.8) is 0 Å². The Morgan fingerprint density at radius 1 is 1.03 bits per heavy atom. The molecule has 2 N–H and O–H groups in total. The van der Waals surface area contributed by atoms with E-state index in [0.717, 1.165) is 32.0 Å². The van der Waals surface area contributed by atoms with Crippen LogP contribution in [0.3, 0.4) is 0 Å². The highest BCUT2D eigenvalue weighted by Crippen LogP contribution is 2.23. The number of amides is 2. The number of hydrogen-bond donors (Lipinski definition) is 2. The molecule has 1 aliphatic rings. The highest BCUT2D eigenvalue weighted by atomic mass is 16.5. The van der Waals surface area contributed by atoms with E-state index < -0.39 is 0 Å². The standard InChI is InChI=1S/C24H34N4O2/c1-18-5-7-21(8-6-18)23(27(3)4)17-25-24(29)26-22-11-9-20(10-12-22)19(2)28-13-15-30-16-14-28/h5-12,19,23H,13-17H2,1-4H3,(H2,25,26,29). The molecule has 2 unspecified atom stereocenters. The van der Waals surface area contributed by atoms with Gasteiger partial charge in [-0.15, -0.1) is 0 Å². The molecule has 0 aliphatic carbocycles. The summed E-state index contributed by atoms with van der Waals surface area (Å²) in [4.78, 5) is 17.0. The lowest BCUT2D eigenvalue weighted by molar-refractivity contribution is 0.0198. The summed E-state index contributed by atoms with van der Waals surface area (Å²) in [6.45, 7) is 8.32. The minimum Gasteiger partial charge on any atom is -0.379 e. The van der Waals surface area contributed by atoms with Gasteiger partial charge < -0.3 is 20.3 Å². The van der Waals surface area contributed by atoms with Gasteiger partial charge in [0, 0.05) is 31.4 Å². The Balaban J connectivity index is 1.53. The Morgan fingerprint density at radius 2 is 1.63 bits per heavy atom. The lowest BCUT2D eigenvalue weighted by atomic mass is 10.0. The molecule has 162 valence electrons. The van der Waals surface area contributed by atoms with Gasteiger partial charge in [-0.3, -0.25) is 4.90 Å². The van der Waals surface area contributed by atoms with Crippen LogP contribution in [0.25, 0.3) is 0 Å². The summed E-state index contributed by atoms with van der Waals surface area (Å²) in [5, 5.41) is 5.94. The van der Waals surface area contributed by atoms with Crippen molar-refractivity contribution in [2.45, 2.75) is 25.9 Å². The quantitative estimate of drug-likeness (QED) is 0.729. The molecular formula is C24H34N4O2. The topological polar surface area (TPSA) is 56.8 Å². The number of carbonyl (C=O) groups is 1. The van der Waals surface area contributed by atoms with Crippen molar-refractivity contribution in [1.29, 1.82) is 0 Å². The van der Waals surface area contributed by atoms with Gasteiger partial charge in [0.15, 0.2) is 0 Å². The Labute approximate surface area is 180 Å². The van der Waals surface area contributed by atoms with Gasteiger partial charge in [-0.1, -0.05) is 42.0 Å². The molecule has 1 aliphatic heterocycles. The maximum Gasteiger partial charge on any atom is 0.319 e.